The van der Waals surface area contributed by atoms with Crippen LogP contribution in [0.2, 0.25) is 0 Å². The van der Waals surface area contributed by atoms with Crippen molar-refractivity contribution in [3.05, 3.63) is 41.7 Å². The summed E-state index contributed by atoms with van der Waals surface area (Å²) in [7, 11) is 0. The molecule has 2 rings (SSSR count). The van der Waals surface area contributed by atoms with Crippen molar-refractivity contribution in [3.8, 4) is 11.8 Å². The molecule has 1 atom stereocenters. The van der Waals surface area contributed by atoms with E-state index in [1.807, 2.05) is 25.1 Å². The molecule has 98 valence electrons. The van der Waals surface area contributed by atoms with Gasteiger partial charge in [-0.15, -0.1) is 5.10 Å². The van der Waals surface area contributed by atoms with Crippen molar-refractivity contribution < 1.29 is 5.11 Å². The molecule has 0 spiro atoms. The molecule has 0 fully saturated rings. The topological polar surface area (TPSA) is 74.7 Å². The van der Waals surface area contributed by atoms with Crippen molar-refractivity contribution in [1.82, 2.24) is 15.0 Å². The molecule has 2 aromatic rings. The second kappa shape index (κ2) is 5.21. The van der Waals surface area contributed by atoms with Crippen molar-refractivity contribution in [3.63, 3.8) is 0 Å². The second-order valence-electron chi connectivity index (χ2n) is 4.81. The number of hydrogen-bond donors (Lipinski definition) is 1. The molecule has 0 bridgehead atoms. The van der Waals surface area contributed by atoms with E-state index in [1.54, 1.807) is 23.9 Å². The molecule has 1 aromatic carbocycles. The average Bonchev–Trinajstić information content (AvgIpc) is 2.86. The molecule has 0 aliphatic heterocycles. The van der Waals surface area contributed by atoms with E-state index in [2.05, 4.69) is 16.4 Å². The molecule has 0 aliphatic carbocycles. The van der Waals surface area contributed by atoms with Crippen molar-refractivity contribution >= 4 is 0 Å². The summed E-state index contributed by atoms with van der Waals surface area (Å²) in [5.74, 6) is 0. The summed E-state index contributed by atoms with van der Waals surface area (Å²) < 4.78 is 1.57. The fraction of sp³-hybridized carbons (Fsp3) is 0.357. The van der Waals surface area contributed by atoms with Crippen LogP contribution in [-0.2, 0) is 6.42 Å². The van der Waals surface area contributed by atoms with Crippen molar-refractivity contribution in [2.75, 3.05) is 0 Å². The maximum atomic E-state index is 10.0. The van der Waals surface area contributed by atoms with E-state index in [0.717, 1.165) is 0 Å². The lowest BCUT2D eigenvalue weighted by molar-refractivity contribution is 0.0554. The molecular formula is C14H16N4O. The van der Waals surface area contributed by atoms with Crippen LogP contribution in [0.15, 0.2) is 30.5 Å². The minimum atomic E-state index is -0.782. The van der Waals surface area contributed by atoms with Gasteiger partial charge >= 0.3 is 0 Å². The van der Waals surface area contributed by atoms with Crippen LogP contribution in [0, 0.1) is 11.3 Å². The fourth-order valence-electron chi connectivity index (χ4n) is 1.78. The maximum absolute atomic E-state index is 10.0. The Morgan fingerprint density at radius 2 is 2.16 bits per heavy atom. The summed E-state index contributed by atoms with van der Waals surface area (Å²) >= 11 is 0. The lowest BCUT2D eigenvalue weighted by Gasteiger charge is -2.18. The standard InChI is InChI=1S/C14H16N4O/c1-3-14(2,19)8-12-10-18(17-16-12)13-7-5-4-6-11(13)9-15/h4-7,10,19H,3,8H2,1-2H3. The quantitative estimate of drug-likeness (QED) is 0.905. The molecule has 19 heavy (non-hydrogen) atoms. The third-order valence-corrected chi connectivity index (χ3v) is 3.14. The van der Waals surface area contributed by atoms with Crippen LogP contribution in [0.1, 0.15) is 31.5 Å². The van der Waals surface area contributed by atoms with Gasteiger partial charge in [0.1, 0.15) is 6.07 Å². The van der Waals surface area contributed by atoms with Gasteiger partial charge in [-0.25, -0.2) is 4.68 Å². The monoisotopic (exact) mass is 256 g/mol. The van der Waals surface area contributed by atoms with Gasteiger partial charge in [0.05, 0.1) is 28.7 Å². The van der Waals surface area contributed by atoms with Crippen LogP contribution in [0.25, 0.3) is 5.69 Å². The van der Waals surface area contributed by atoms with Gasteiger partial charge in [0.2, 0.25) is 0 Å². The second-order valence-corrected chi connectivity index (χ2v) is 4.81. The number of benzene rings is 1. The van der Waals surface area contributed by atoms with E-state index in [4.69, 9.17) is 5.26 Å². The molecule has 5 heteroatoms. The average molecular weight is 256 g/mol. The number of hydrogen-bond acceptors (Lipinski definition) is 4. The number of rotatable bonds is 4. The van der Waals surface area contributed by atoms with E-state index in [0.29, 0.717) is 29.8 Å². The van der Waals surface area contributed by atoms with Crippen molar-refractivity contribution in [2.24, 2.45) is 0 Å². The third kappa shape index (κ3) is 2.98. The molecule has 0 amide bonds. The molecule has 1 heterocycles. The zero-order valence-corrected chi connectivity index (χ0v) is 11.0. The van der Waals surface area contributed by atoms with Gasteiger partial charge in [0.25, 0.3) is 0 Å². The van der Waals surface area contributed by atoms with Gasteiger partial charge in [0.15, 0.2) is 0 Å². The molecule has 0 radical (unpaired) electrons. The Morgan fingerprint density at radius 3 is 2.84 bits per heavy atom. The van der Waals surface area contributed by atoms with Gasteiger partial charge < -0.3 is 5.11 Å². The Morgan fingerprint density at radius 1 is 1.42 bits per heavy atom. The van der Waals surface area contributed by atoms with E-state index < -0.39 is 5.60 Å². The maximum Gasteiger partial charge on any atom is 0.101 e. The number of nitriles is 1. The highest BCUT2D eigenvalue weighted by Crippen LogP contribution is 2.17. The summed E-state index contributed by atoms with van der Waals surface area (Å²) in [5, 5.41) is 27.2. The molecule has 0 aliphatic rings. The van der Waals surface area contributed by atoms with E-state index in [9.17, 15) is 5.11 Å². The first kappa shape index (κ1) is 13.2. The van der Waals surface area contributed by atoms with Crippen LogP contribution in [0.3, 0.4) is 0 Å². The summed E-state index contributed by atoms with van der Waals surface area (Å²) in [5.41, 5.74) is 1.16. The van der Waals surface area contributed by atoms with Gasteiger partial charge in [-0.05, 0) is 25.5 Å². The highest BCUT2D eigenvalue weighted by molar-refractivity contribution is 5.47. The van der Waals surface area contributed by atoms with Gasteiger partial charge in [-0.1, -0.05) is 24.3 Å². The van der Waals surface area contributed by atoms with Gasteiger partial charge in [0, 0.05) is 6.42 Å². The smallest absolute Gasteiger partial charge is 0.101 e. The lowest BCUT2D eigenvalue weighted by atomic mass is 9.98. The van der Waals surface area contributed by atoms with E-state index in [1.165, 1.54) is 0 Å². The Hall–Kier alpha value is -2.19. The summed E-state index contributed by atoms with van der Waals surface area (Å²) in [6.07, 6.45) is 2.84. The van der Waals surface area contributed by atoms with E-state index >= 15 is 0 Å². The number of aliphatic hydroxyl groups is 1. The predicted octanol–water partition coefficient (Wildman–Crippen LogP) is 1.84. The first-order valence-corrected chi connectivity index (χ1v) is 6.19. The molecule has 1 aromatic heterocycles. The van der Waals surface area contributed by atoms with Gasteiger partial charge in [-0.2, -0.15) is 5.26 Å². The Kier molecular flexibility index (Phi) is 3.63. The molecule has 0 saturated carbocycles. The Labute approximate surface area is 112 Å². The number of nitrogens with zero attached hydrogens (tertiary/aromatic N) is 4. The summed E-state index contributed by atoms with van der Waals surface area (Å²) in [6, 6.07) is 9.33. The third-order valence-electron chi connectivity index (χ3n) is 3.14. The van der Waals surface area contributed by atoms with Crippen LogP contribution in [-0.4, -0.2) is 25.7 Å². The van der Waals surface area contributed by atoms with Crippen molar-refractivity contribution in [1.29, 1.82) is 5.26 Å². The van der Waals surface area contributed by atoms with Crippen LogP contribution >= 0.6 is 0 Å². The lowest BCUT2D eigenvalue weighted by Crippen LogP contribution is -2.25. The Balaban J connectivity index is 2.29. The molecular weight excluding hydrogens is 240 g/mol. The van der Waals surface area contributed by atoms with Crippen LogP contribution < -0.4 is 0 Å². The fourth-order valence-corrected chi connectivity index (χ4v) is 1.78. The van der Waals surface area contributed by atoms with Crippen LogP contribution in [0.5, 0.6) is 0 Å². The highest BCUT2D eigenvalue weighted by Gasteiger charge is 2.20. The van der Waals surface area contributed by atoms with Crippen molar-refractivity contribution in [2.45, 2.75) is 32.3 Å². The Bertz CT molecular complexity index is 610. The minimum absolute atomic E-state index is 0.443. The number of aromatic nitrogens is 3. The highest BCUT2D eigenvalue weighted by atomic mass is 16.3. The summed E-state index contributed by atoms with van der Waals surface area (Å²) in [6.45, 7) is 3.70. The molecule has 5 nitrogen and oxygen atoms in total. The number of para-hydroxylation sites is 1. The molecule has 1 unspecified atom stereocenters. The predicted molar refractivity (Wildman–Crippen MR) is 70.7 cm³/mol. The summed E-state index contributed by atoms with van der Waals surface area (Å²) in [4.78, 5) is 0. The molecule has 0 saturated heterocycles. The minimum Gasteiger partial charge on any atom is -0.390 e. The first-order chi connectivity index (χ1) is 9.05. The van der Waals surface area contributed by atoms with Gasteiger partial charge in [-0.3, -0.25) is 0 Å². The SMILES string of the molecule is CCC(C)(O)Cc1cn(-c2ccccc2C#N)nn1. The zero-order chi connectivity index (χ0) is 13.9. The van der Waals surface area contributed by atoms with Crippen LogP contribution in [0.4, 0.5) is 0 Å². The normalized spacial score (nSPS) is 13.8. The largest absolute Gasteiger partial charge is 0.390 e. The zero-order valence-electron chi connectivity index (χ0n) is 11.0. The van der Waals surface area contributed by atoms with E-state index in [-0.39, 0.29) is 0 Å². The first-order valence-electron chi connectivity index (χ1n) is 6.19. The molecule has 1 N–H and O–H groups in total.